The van der Waals surface area contributed by atoms with E-state index in [9.17, 15) is 9.59 Å². The first-order valence-electron chi connectivity index (χ1n) is 10.1. The Balaban J connectivity index is 1.55. The second-order valence-electron chi connectivity index (χ2n) is 6.95. The average Bonchev–Trinajstić information content (AvgIpc) is 3.06. The summed E-state index contributed by atoms with van der Waals surface area (Å²) < 4.78 is 11.2. The summed E-state index contributed by atoms with van der Waals surface area (Å²) in [5, 5.41) is 2.94. The van der Waals surface area contributed by atoms with Crippen molar-refractivity contribution in [3.63, 3.8) is 0 Å². The molecule has 1 aliphatic heterocycles. The van der Waals surface area contributed by atoms with E-state index in [0.29, 0.717) is 44.0 Å². The number of nitrogens with zero attached hydrogens (tertiary/aromatic N) is 1. The number of hydrogen-bond acceptors (Lipinski definition) is 4. The fraction of sp³-hybridized carbons (Fsp3) is 0.391. The summed E-state index contributed by atoms with van der Waals surface area (Å²) in [6.07, 6.45) is 0.666. The third-order valence-electron chi connectivity index (χ3n) is 5.02. The number of ether oxygens (including phenoxy) is 2. The van der Waals surface area contributed by atoms with Crippen LogP contribution in [0.1, 0.15) is 42.3 Å². The van der Waals surface area contributed by atoms with Crippen LogP contribution in [0.4, 0.5) is 0 Å². The fourth-order valence-corrected chi connectivity index (χ4v) is 3.46. The van der Waals surface area contributed by atoms with Crippen molar-refractivity contribution < 1.29 is 19.1 Å². The summed E-state index contributed by atoms with van der Waals surface area (Å²) in [5.74, 6) is 1.20. The third-order valence-corrected chi connectivity index (χ3v) is 5.02. The van der Waals surface area contributed by atoms with Gasteiger partial charge in [0, 0.05) is 18.7 Å². The Labute approximate surface area is 171 Å². The van der Waals surface area contributed by atoms with Gasteiger partial charge >= 0.3 is 0 Å². The number of benzene rings is 2. The molecule has 6 heteroatoms. The molecule has 29 heavy (non-hydrogen) atoms. The van der Waals surface area contributed by atoms with E-state index in [0.717, 1.165) is 16.9 Å². The molecule has 2 aromatic rings. The number of nitrogens with one attached hydrogen (secondary N) is 1. The fourth-order valence-electron chi connectivity index (χ4n) is 3.46. The van der Waals surface area contributed by atoms with Crippen molar-refractivity contribution in [1.29, 1.82) is 0 Å². The smallest absolute Gasteiger partial charge is 0.255 e. The zero-order chi connectivity index (χ0) is 20.8. The van der Waals surface area contributed by atoms with Gasteiger partial charge in [0.2, 0.25) is 5.91 Å². The van der Waals surface area contributed by atoms with Gasteiger partial charge in [-0.25, -0.2) is 0 Å². The number of rotatable bonds is 9. The van der Waals surface area contributed by atoms with Crippen LogP contribution in [0.3, 0.4) is 0 Å². The zero-order valence-corrected chi connectivity index (χ0v) is 17.2. The summed E-state index contributed by atoms with van der Waals surface area (Å²) in [5.41, 5.74) is 2.70. The van der Waals surface area contributed by atoms with E-state index in [-0.39, 0.29) is 11.8 Å². The Morgan fingerprint density at radius 2 is 1.83 bits per heavy atom. The minimum Gasteiger partial charge on any atom is -0.490 e. The van der Waals surface area contributed by atoms with Crippen molar-refractivity contribution in [3.05, 3.63) is 59.2 Å². The molecule has 0 aromatic heterocycles. The minimum atomic E-state index is -0.519. The van der Waals surface area contributed by atoms with Crippen LogP contribution < -0.4 is 14.8 Å². The summed E-state index contributed by atoms with van der Waals surface area (Å²) in [7, 11) is 0. The molecule has 6 nitrogen and oxygen atoms in total. The topological polar surface area (TPSA) is 67.9 Å². The molecule has 0 radical (unpaired) electrons. The van der Waals surface area contributed by atoms with Crippen LogP contribution in [0.2, 0.25) is 0 Å². The summed E-state index contributed by atoms with van der Waals surface area (Å²) in [4.78, 5) is 26.7. The van der Waals surface area contributed by atoms with E-state index in [1.807, 2.05) is 56.3 Å². The van der Waals surface area contributed by atoms with Crippen LogP contribution >= 0.6 is 0 Å². The van der Waals surface area contributed by atoms with Crippen LogP contribution in [0.25, 0.3) is 0 Å². The quantitative estimate of drug-likeness (QED) is 0.707. The van der Waals surface area contributed by atoms with E-state index in [2.05, 4.69) is 5.32 Å². The number of hydrogen-bond donors (Lipinski definition) is 1. The SMILES string of the molecule is CCOc1ccc(CCNC(=O)C(C)N2Cc3ccccc3C2=O)cc1OCC. The molecule has 2 amide bonds. The molecule has 0 saturated heterocycles. The van der Waals surface area contributed by atoms with Gasteiger partial charge < -0.3 is 19.7 Å². The van der Waals surface area contributed by atoms with Gasteiger partial charge in [-0.05, 0) is 56.5 Å². The Morgan fingerprint density at radius 1 is 1.10 bits per heavy atom. The molecule has 0 saturated carbocycles. The molecule has 1 atom stereocenters. The average molecular weight is 396 g/mol. The summed E-state index contributed by atoms with van der Waals surface area (Å²) in [6, 6.07) is 12.8. The van der Waals surface area contributed by atoms with Crippen LogP contribution in [0, 0.1) is 0 Å². The van der Waals surface area contributed by atoms with Crippen LogP contribution in [-0.2, 0) is 17.8 Å². The maximum atomic E-state index is 12.6. The lowest BCUT2D eigenvalue weighted by molar-refractivity contribution is -0.125. The molecule has 0 bridgehead atoms. The lowest BCUT2D eigenvalue weighted by Crippen LogP contribution is -2.45. The van der Waals surface area contributed by atoms with E-state index < -0.39 is 6.04 Å². The minimum absolute atomic E-state index is 0.0869. The van der Waals surface area contributed by atoms with Crippen LogP contribution in [0.5, 0.6) is 11.5 Å². The molecule has 1 N–H and O–H groups in total. The molecule has 1 heterocycles. The van der Waals surface area contributed by atoms with E-state index in [4.69, 9.17) is 9.47 Å². The predicted molar refractivity (Wildman–Crippen MR) is 111 cm³/mol. The summed E-state index contributed by atoms with van der Waals surface area (Å²) in [6.45, 7) is 7.73. The van der Waals surface area contributed by atoms with Gasteiger partial charge in [0.1, 0.15) is 6.04 Å². The first-order chi connectivity index (χ1) is 14.0. The maximum absolute atomic E-state index is 12.6. The van der Waals surface area contributed by atoms with Gasteiger partial charge in [0.25, 0.3) is 5.91 Å². The molecule has 2 aromatic carbocycles. The van der Waals surface area contributed by atoms with Gasteiger partial charge in [0.05, 0.1) is 13.2 Å². The maximum Gasteiger partial charge on any atom is 0.255 e. The predicted octanol–water partition coefficient (Wildman–Crippen LogP) is 3.19. The standard InChI is InChI=1S/C23H28N2O4/c1-4-28-20-11-10-17(14-21(20)29-5-2)12-13-24-22(26)16(3)25-15-18-8-6-7-9-19(18)23(25)27/h6-11,14,16H,4-5,12-13,15H2,1-3H3,(H,24,26). The van der Waals surface area contributed by atoms with Crippen LogP contribution in [-0.4, -0.2) is 42.5 Å². The molecule has 1 aliphatic rings. The second kappa shape index (κ2) is 9.45. The number of carbonyl (C=O) groups excluding carboxylic acids is 2. The second-order valence-corrected chi connectivity index (χ2v) is 6.95. The Hall–Kier alpha value is -3.02. The van der Waals surface area contributed by atoms with E-state index in [1.54, 1.807) is 11.8 Å². The molecule has 154 valence electrons. The molecule has 0 spiro atoms. The Bertz CT molecular complexity index is 881. The number of fused-ring (bicyclic) bond motifs is 1. The highest BCUT2D eigenvalue weighted by molar-refractivity contribution is 6.01. The highest BCUT2D eigenvalue weighted by Crippen LogP contribution is 2.28. The van der Waals surface area contributed by atoms with Gasteiger partial charge in [-0.2, -0.15) is 0 Å². The van der Waals surface area contributed by atoms with Crippen molar-refractivity contribution in [2.75, 3.05) is 19.8 Å². The highest BCUT2D eigenvalue weighted by atomic mass is 16.5. The van der Waals surface area contributed by atoms with Gasteiger partial charge in [-0.3, -0.25) is 9.59 Å². The normalized spacial score (nSPS) is 13.8. The van der Waals surface area contributed by atoms with Crippen molar-refractivity contribution in [2.24, 2.45) is 0 Å². The van der Waals surface area contributed by atoms with Crippen LogP contribution in [0.15, 0.2) is 42.5 Å². The number of amides is 2. The van der Waals surface area contributed by atoms with Gasteiger partial charge in [-0.15, -0.1) is 0 Å². The third kappa shape index (κ3) is 4.70. The Morgan fingerprint density at radius 3 is 2.55 bits per heavy atom. The molecule has 3 rings (SSSR count). The van der Waals surface area contributed by atoms with Crippen molar-refractivity contribution in [3.8, 4) is 11.5 Å². The molecular formula is C23H28N2O4. The van der Waals surface area contributed by atoms with E-state index >= 15 is 0 Å². The molecule has 0 fully saturated rings. The van der Waals surface area contributed by atoms with Gasteiger partial charge in [-0.1, -0.05) is 24.3 Å². The first kappa shape index (κ1) is 20.7. The molecular weight excluding hydrogens is 368 g/mol. The van der Waals surface area contributed by atoms with E-state index in [1.165, 1.54) is 0 Å². The van der Waals surface area contributed by atoms with Crippen molar-refractivity contribution in [1.82, 2.24) is 10.2 Å². The van der Waals surface area contributed by atoms with Gasteiger partial charge in [0.15, 0.2) is 11.5 Å². The lowest BCUT2D eigenvalue weighted by atomic mass is 10.1. The first-order valence-corrected chi connectivity index (χ1v) is 10.1. The Kier molecular flexibility index (Phi) is 6.75. The summed E-state index contributed by atoms with van der Waals surface area (Å²) >= 11 is 0. The monoisotopic (exact) mass is 396 g/mol. The molecule has 0 aliphatic carbocycles. The van der Waals surface area contributed by atoms with Crippen molar-refractivity contribution in [2.45, 2.75) is 39.8 Å². The van der Waals surface area contributed by atoms with Crippen molar-refractivity contribution >= 4 is 11.8 Å². The zero-order valence-electron chi connectivity index (χ0n) is 17.2. The number of carbonyl (C=O) groups is 2. The highest BCUT2D eigenvalue weighted by Gasteiger charge is 2.33. The molecule has 1 unspecified atom stereocenters. The lowest BCUT2D eigenvalue weighted by Gasteiger charge is -2.23. The largest absolute Gasteiger partial charge is 0.490 e.